The molecule has 0 aliphatic heterocycles. The lowest BCUT2D eigenvalue weighted by atomic mass is 10.1. The molecule has 0 bridgehead atoms. The Morgan fingerprint density at radius 1 is 0.818 bits per heavy atom. The van der Waals surface area contributed by atoms with Crippen molar-refractivity contribution in [3.8, 4) is 0 Å². The fourth-order valence-corrected chi connectivity index (χ4v) is 1.85. The molecule has 0 heterocycles. The van der Waals surface area contributed by atoms with Gasteiger partial charge in [-0.3, -0.25) is 9.59 Å². The van der Waals surface area contributed by atoms with Gasteiger partial charge in [-0.05, 0) is 25.7 Å². The van der Waals surface area contributed by atoms with Crippen LogP contribution in [0.4, 0.5) is 0 Å². The first kappa shape index (κ1) is 20.4. The second kappa shape index (κ2) is 15.7. The third-order valence-electron chi connectivity index (χ3n) is 3.24. The van der Waals surface area contributed by atoms with Gasteiger partial charge in [-0.2, -0.15) is 0 Å². The summed E-state index contributed by atoms with van der Waals surface area (Å²) in [4.78, 5) is 22.4. The number of hydrogen-bond donors (Lipinski definition) is 0. The number of ether oxygens (including phenoxy) is 1. The molecule has 124 valence electrons. The lowest BCUT2D eigenvalue weighted by molar-refractivity contribution is -0.141. The van der Waals surface area contributed by atoms with Gasteiger partial charge in [0.15, 0.2) is 0 Å². The molecule has 0 aliphatic rings. The van der Waals surface area contributed by atoms with Gasteiger partial charge < -0.3 is 4.74 Å². The highest BCUT2D eigenvalue weighted by molar-refractivity contribution is 5.82. The first-order valence-electron chi connectivity index (χ1n) is 8.27. The van der Waals surface area contributed by atoms with Crippen LogP contribution in [0, 0.1) is 0 Å². The second-order valence-corrected chi connectivity index (χ2v) is 5.24. The van der Waals surface area contributed by atoms with E-state index in [2.05, 4.69) is 29.9 Å². The highest BCUT2D eigenvalue weighted by Gasteiger charge is 2.06. The Kier molecular flexibility index (Phi) is 14.6. The number of carbonyl (C=O) groups excluding carboxylic acids is 2. The van der Waals surface area contributed by atoms with Crippen molar-refractivity contribution in [3.05, 3.63) is 36.5 Å². The SMILES string of the molecule is CCCC/C=C/C=C/C=C/CCCCC(=O)CCC(=O)OC. The summed E-state index contributed by atoms with van der Waals surface area (Å²) in [5.74, 6) is -0.168. The minimum Gasteiger partial charge on any atom is -0.469 e. The quantitative estimate of drug-likeness (QED) is 0.275. The predicted molar refractivity (Wildman–Crippen MR) is 91.7 cm³/mol. The number of Topliss-reactive ketones (excluding diaryl/α,β-unsaturated/α-hetero) is 1. The number of allylic oxidation sites excluding steroid dienone is 6. The number of rotatable bonds is 13. The summed E-state index contributed by atoms with van der Waals surface area (Å²) in [5, 5.41) is 0. The van der Waals surface area contributed by atoms with Gasteiger partial charge in [0.1, 0.15) is 5.78 Å². The molecule has 22 heavy (non-hydrogen) atoms. The molecular formula is C19H30O3. The second-order valence-electron chi connectivity index (χ2n) is 5.24. The number of ketones is 1. The molecule has 0 amide bonds. The molecule has 0 rings (SSSR count). The van der Waals surface area contributed by atoms with E-state index >= 15 is 0 Å². The van der Waals surface area contributed by atoms with Crippen LogP contribution < -0.4 is 0 Å². The maximum Gasteiger partial charge on any atom is 0.305 e. The topological polar surface area (TPSA) is 43.4 Å². The van der Waals surface area contributed by atoms with E-state index in [1.165, 1.54) is 20.0 Å². The van der Waals surface area contributed by atoms with Crippen LogP contribution in [0.1, 0.15) is 64.7 Å². The molecule has 0 N–H and O–H groups in total. The summed E-state index contributed by atoms with van der Waals surface area (Å²) in [5.41, 5.74) is 0. The Morgan fingerprint density at radius 3 is 2.05 bits per heavy atom. The van der Waals surface area contributed by atoms with Gasteiger partial charge in [0.05, 0.1) is 13.5 Å². The zero-order chi connectivity index (χ0) is 16.5. The van der Waals surface area contributed by atoms with Crippen molar-refractivity contribution in [1.82, 2.24) is 0 Å². The van der Waals surface area contributed by atoms with Crippen molar-refractivity contribution in [2.24, 2.45) is 0 Å². The molecule has 0 saturated carbocycles. The third kappa shape index (κ3) is 14.8. The van der Waals surface area contributed by atoms with Crippen molar-refractivity contribution in [2.75, 3.05) is 7.11 Å². The highest BCUT2D eigenvalue weighted by Crippen LogP contribution is 2.05. The smallest absolute Gasteiger partial charge is 0.305 e. The van der Waals surface area contributed by atoms with Gasteiger partial charge in [-0.15, -0.1) is 0 Å². The molecule has 0 aliphatic carbocycles. The number of methoxy groups -OCH3 is 1. The van der Waals surface area contributed by atoms with Crippen molar-refractivity contribution in [2.45, 2.75) is 64.7 Å². The Hall–Kier alpha value is -1.64. The largest absolute Gasteiger partial charge is 0.469 e. The minimum absolute atomic E-state index is 0.145. The van der Waals surface area contributed by atoms with Crippen molar-refractivity contribution in [3.63, 3.8) is 0 Å². The highest BCUT2D eigenvalue weighted by atomic mass is 16.5. The lowest BCUT2D eigenvalue weighted by Crippen LogP contribution is -2.05. The fourth-order valence-electron chi connectivity index (χ4n) is 1.85. The number of hydrogen-bond acceptors (Lipinski definition) is 3. The monoisotopic (exact) mass is 306 g/mol. The molecule has 0 saturated heterocycles. The fraction of sp³-hybridized carbons (Fsp3) is 0.579. The van der Waals surface area contributed by atoms with Crippen LogP contribution in [-0.2, 0) is 14.3 Å². The van der Waals surface area contributed by atoms with Gasteiger partial charge in [0, 0.05) is 12.8 Å². The Morgan fingerprint density at radius 2 is 1.45 bits per heavy atom. The lowest BCUT2D eigenvalue weighted by Gasteiger charge is -1.99. The molecule has 0 radical (unpaired) electrons. The van der Waals surface area contributed by atoms with Crippen LogP contribution in [0.5, 0.6) is 0 Å². The summed E-state index contributed by atoms with van der Waals surface area (Å²) >= 11 is 0. The first-order valence-corrected chi connectivity index (χ1v) is 8.27. The van der Waals surface area contributed by atoms with Crippen LogP contribution in [-0.4, -0.2) is 18.9 Å². The van der Waals surface area contributed by atoms with E-state index < -0.39 is 0 Å². The van der Waals surface area contributed by atoms with Crippen LogP contribution in [0.2, 0.25) is 0 Å². The van der Waals surface area contributed by atoms with Gasteiger partial charge in [-0.1, -0.05) is 56.2 Å². The normalized spacial score (nSPS) is 11.7. The summed E-state index contributed by atoms with van der Waals surface area (Å²) in [6, 6.07) is 0. The van der Waals surface area contributed by atoms with Crippen LogP contribution in [0.25, 0.3) is 0 Å². The Labute approximate surface area is 135 Å². The van der Waals surface area contributed by atoms with E-state index in [9.17, 15) is 9.59 Å². The van der Waals surface area contributed by atoms with Crippen LogP contribution in [0.3, 0.4) is 0 Å². The average Bonchev–Trinajstić information content (AvgIpc) is 2.53. The molecule has 0 aromatic heterocycles. The molecule has 3 nitrogen and oxygen atoms in total. The van der Waals surface area contributed by atoms with Crippen LogP contribution >= 0.6 is 0 Å². The molecule has 0 aromatic carbocycles. The van der Waals surface area contributed by atoms with Crippen molar-refractivity contribution >= 4 is 11.8 Å². The van der Waals surface area contributed by atoms with Gasteiger partial charge in [-0.25, -0.2) is 0 Å². The van der Waals surface area contributed by atoms with E-state index in [0.29, 0.717) is 12.8 Å². The summed E-state index contributed by atoms with van der Waals surface area (Å²) in [7, 11) is 1.34. The Bertz CT molecular complexity index is 378. The van der Waals surface area contributed by atoms with E-state index in [1.807, 2.05) is 18.2 Å². The summed E-state index contributed by atoms with van der Waals surface area (Å²) in [6.45, 7) is 2.19. The van der Waals surface area contributed by atoms with Crippen LogP contribution in [0.15, 0.2) is 36.5 Å². The molecule has 3 heteroatoms. The maximum absolute atomic E-state index is 11.5. The molecule has 0 aromatic rings. The van der Waals surface area contributed by atoms with Crippen molar-refractivity contribution in [1.29, 1.82) is 0 Å². The standard InChI is InChI=1S/C19H30O3/c1-3-4-5-6-7-8-9-10-11-12-13-14-15-18(20)16-17-19(21)22-2/h6-11H,3-5,12-17H2,1-2H3/b7-6+,9-8+,11-10+. The van der Waals surface area contributed by atoms with Crippen molar-refractivity contribution < 1.29 is 14.3 Å². The number of carbonyl (C=O) groups is 2. The number of unbranched alkanes of at least 4 members (excludes halogenated alkanes) is 4. The van der Waals surface area contributed by atoms with Gasteiger partial charge >= 0.3 is 5.97 Å². The zero-order valence-corrected chi connectivity index (χ0v) is 14.1. The minimum atomic E-state index is -0.313. The third-order valence-corrected chi connectivity index (χ3v) is 3.24. The molecule has 0 atom stereocenters. The summed E-state index contributed by atoms with van der Waals surface area (Å²) < 4.78 is 4.51. The van der Waals surface area contributed by atoms with E-state index in [0.717, 1.165) is 25.7 Å². The molecule has 0 fully saturated rings. The zero-order valence-electron chi connectivity index (χ0n) is 14.1. The number of esters is 1. The molecule has 0 unspecified atom stereocenters. The predicted octanol–water partition coefficient (Wildman–Crippen LogP) is 4.93. The average molecular weight is 306 g/mol. The maximum atomic E-state index is 11.5. The van der Waals surface area contributed by atoms with Gasteiger partial charge in [0.2, 0.25) is 0 Å². The van der Waals surface area contributed by atoms with E-state index in [1.54, 1.807) is 0 Å². The Balaban J connectivity index is 3.50. The molecule has 0 spiro atoms. The summed E-state index contributed by atoms with van der Waals surface area (Å²) in [6.07, 6.45) is 20.1. The van der Waals surface area contributed by atoms with E-state index in [-0.39, 0.29) is 18.2 Å². The first-order chi connectivity index (χ1) is 10.7. The molecular weight excluding hydrogens is 276 g/mol. The van der Waals surface area contributed by atoms with Gasteiger partial charge in [0.25, 0.3) is 0 Å². The van der Waals surface area contributed by atoms with E-state index in [4.69, 9.17) is 0 Å².